The molecule has 0 radical (unpaired) electrons. The lowest BCUT2D eigenvalue weighted by molar-refractivity contribution is 0.0957. The summed E-state index contributed by atoms with van der Waals surface area (Å²) in [6, 6.07) is 3.40. The van der Waals surface area contributed by atoms with E-state index in [1.807, 2.05) is 5.43 Å². The molecule has 0 aliphatic heterocycles. The lowest BCUT2D eigenvalue weighted by Crippen LogP contribution is -2.29. The summed E-state index contributed by atoms with van der Waals surface area (Å²) in [5.41, 5.74) is 10.1. The van der Waals surface area contributed by atoms with Gasteiger partial charge < -0.3 is 0 Å². The predicted octanol–water partition coefficient (Wildman–Crippen LogP) is 1.40. The number of nitrogens with one attached hydrogen (secondary N) is 1. The fourth-order valence-corrected chi connectivity index (χ4v) is 1.68. The van der Waals surface area contributed by atoms with E-state index < -0.39 is 0 Å². The third kappa shape index (κ3) is 3.63. The van der Waals surface area contributed by atoms with Crippen molar-refractivity contribution in [1.29, 1.82) is 0 Å². The van der Waals surface area contributed by atoms with Gasteiger partial charge >= 0.3 is 0 Å². The Morgan fingerprint density at radius 3 is 3.19 bits per heavy atom. The molecule has 7 heteroatoms. The Labute approximate surface area is 96.1 Å². The predicted molar refractivity (Wildman–Crippen MR) is 61.5 cm³/mol. The van der Waals surface area contributed by atoms with Gasteiger partial charge in [0.2, 0.25) is 0 Å². The Bertz CT molecular complexity index is 478. The number of nitrogens with zero attached hydrogens (tertiary/aromatic N) is 3. The highest BCUT2D eigenvalue weighted by Crippen LogP contribution is 2.14. The Morgan fingerprint density at radius 2 is 2.50 bits per heavy atom. The molecule has 0 bridgehead atoms. The zero-order chi connectivity index (χ0) is 11.8. The maximum atomic E-state index is 11.1. The molecule has 0 aliphatic rings. The third-order valence-electron chi connectivity index (χ3n) is 1.57. The van der Waals surface area contributed by atoms with Gasteiger partial charge in [-0.3, -0.25) is 10.2 Å². The largest absolute Gasteiger partial charge is 0.289 e. The van der Waals surface area contributed by atoms with Crippen molar-refractivity contribution in [3.63, 3.8) is 0 Å². The Hall–Kier alpha value is -2.00. The number of rotatable bonds is 3. The second-order valence-electron chi connectivity index (χ2n) is 2.64. The fourth-order valence-electron chi connectivity index (χ4n) is 0.898. The molecule has 1 heterocycles. The maximum Gasteiger partial charge on any atom is 0.275 e. The van der Waals surface area contributed by atoms with Crippen molar-refractivity contribution in [2.24, 2.45) is 11.0 Å². The number of hydrogen-bond donors (Lipinski definition) is 2. The summed E-state index contributed by atoms with van der Waals surface area (Å²) in [6.45, 7) is 0.352. The molecule has 1 aromatic rings. The summed E-state index contributed by atoms with van der Waals surface area (Å²) in [4.78, 5) is 15.0. The highest BCUT2D eigenvalue weighted by atomic mass is 32.1. The topological polar surface area (TPSA) is 104 Å². The van der Waals surface area contributed by atoms with Crippen molar-refractivity contribution >= 4 is 17.2 Å². The molecule has 6 nitrogen and oxygen atoms in total. The summed E-state index contributed by atoms with van der Waals surface area (Å²) in [5.74, 6) is 10.4. The second kappa shape index (κ2) is 6.48. The minimum absolute atomic E-state index is 0.327. The van der Waals surface area contributed by atoms with Crippen molar-refractivity contribution in [3.05, 3.63) is 32.3 Å². The number of nitrogens with two attached hydrogens (primary N) is 1. The molecule has 1 aromatic heterocycles. The number of azide groups is 1. The molecule has 0 atom stereocenters. The first kappa shape index (κ1) is 12.1. The van der Waals surface area contributed by atoms with Crippen molar-refractivity contribution in [3.8, 4) is 11.8 Å². The number of thiophene rings is 1. The van der Waals surface area contributed by atoms with Gasteiger partial charge in [0, 0.05) is 17.9 Å². The Kier molecular flexibility index (Phi) is 4.89. The van der Waals surface area contributed by atoms with Crippen LogP contribution in [0, 0.1) is 11.8 Å². The van der Waals surface area contributed by atoms with Gasteiger partial charge in [0.25, 0.3) is 5.91 Å². The minimum atomic E-state index is -0.327. The van der Waals surface area contributed by atoms with Crippen LogP contribution in [0.4, 0.5) is 0 Å². The van der Waals surface area contributed by atoms with E-state index in [1.165, 1.54) is 11.3 Å². The van der Waals surface area contributed by atoms with Crippen LogP contribution < -0.4 is 11.3 Å². The van der Waals surface area contributed by atoms with E-state index in [2.05, 4.69) is 21.9 Å². The highest BCUT2D eigenvalue weighted by molar-refractivity contribution is 7.14. The lowest BCUT2D eigenvalue weighted by atomic mass is 10.4. The van der Waals surface area contributed by atoms with E-state index >= 15 is 0 Å². The third-order valence-corrected chi connectivity index (χ3v) is 2.57. The quantitative estimate of drug-likeness (QED) is 0.121. The molecule has 1 rings (SSSR count). The van der Waals surface area contributed by atoms with Gasteiger partial charge in [-0.2, -0.15) is 0 Å². The summed E-state index contributed by atoms with van der Waals surface area (Å²) >= 11 is 1.26. The van der Waals surface area contributed by atoms with Crippen molar-refractivity contribution in [1.82, 2.24) is 5.43 Å². The molecule has 1 amide bonds. The molecule has 0 saturated carbocycles. The van der Waals surface area contributed by atoms with Gasteiger partial charge in [0.1, 0.15) is 0 Å². The van der Waals surface area contributed by atoms with Gasteiger partial charge in [0.15, 0.2) is 0 Å². The maximum absolute atomic E-state index is 11.1. The first-order chi connectivity index (χ1) is 7.77. The molecule has 0 aromatic carbocycles. The molecule has 0 saturated heterocycles. The Balaban J connectivity index is 2.57. The molecule has 82 valence electrons. The van der Waals surface area contributed by atoms with Crippen LogP contribution in [-0.4, -0.2) is 12.5 Å². The highest BCUT2D eigenvalue weighted by Gasteiger charge is 2.05. The molecule has 3 N–H and O–H groups in total. The van der Waals surface area contributed by atoms with Gasteiger partial charge in [-0.25, -0.2) is 5.84 Å². The number of hydrazine groups is 1. The van der Waals surface area contributed by atoms with E-state index in [9.17, 15) is 4.79 Å². The van der Waals surface area contributed by atoms with Crippen LogP contribution >= 0.6 is 11.3 Å². The van der Waals surface area contributed by atoms with E-state index in [0.717, 1.165) is 4.88 Å². The lowest BCUT2D eigenvalue weighted by Gasteiger charge is -1.91. The van der Waals surface area contributed by atoms with Crippen molar-refractivity contribution in [2.75, 3.05) is 6.54 Å². The number of carbonyl (C=O) groups is 1. The first-order valence-corrected chi connectivity index (χ1v) is 5.20. The van der Waals surface area contributed by atoms with Gasteiger partial charge in [-0.05, 0) is 17.7 Å². The number of amides is 1. The zero-order valence-corrected chi connectivity index (χ0v) is 9.12. The van der Waals surface area contributed by atoms with Gasteiger partial charge in [-0.15, -0.1) is 11.3 Å². The van der Waals surface area contributed by atoms with Gasteiger partial charge in [0.05, 0.1) is 9.75 Å². The van der Waals surface area contributed by atoms with Gasteiger partial charge in [-0.1, -0.05) is 17.0 Å². The standard InChI is InChI=1S/C9H9N5OS/c10-13-9(15)8-5-4-7(16-8)3-1-2-6-12-14-11/h4-5H,2,6,10H2,(H,13,15). The molecular formula is C9H9N5OS. The van der Waals surface area contributed by atoms with E-state index in [-0.39, 0.29) is 5.91 Å². The molecule has 0 spiro atoms. The molecular weight excluding hydrogens is 226 g/mol. The van der Waals surface area contributed by atoms with Crippen LogP contribution in [-0.2, 0) is 0 Å². The average molecular weight is 235 g/mol. The van der Waals surface area contributed by atoms with Crippen molar-refractivity contribution in [2.45, 2.75) is 6.42 Å². The normalized spacial score (nSPS) is 8.56. The summed E-state index contributed by atoms with van der Waals surface area (Å²) in [7, 11) is 0. The molecule has 0 aliphatic carbocycles. The van der Waals surface area contributed by atoms with Crippen LogP contribution in [0.2, 0.25) is 0 Å². The van der Waals surface area contributed by atoms with E-state index in [0.29, 0.717) is 17.8 Å². The monoisotopic (exact) mass is 235 g/mol. The molecule has 0 unspecified atom stereocenters. The van der Waals surface area contributed by atoms with E-state index in [1.54, 1.807) is 12.1 Å². The zero-order valence-electron chi connectivity index (χ0n) is 8.30. The SMILES string of the molecule is [N-]=[N+]=NCCC#Cc1ccc(C(=O)NN)s1. The minimum Gasteiger partial charge on any atom is -0.289 e. The number of carbonyl (C=O) groups excluding carboxylic acids is 1. The van der Waals surface area contributed by atoms with E-state index in [4.69, 9.17) is 11.4 Å². The summed E-state index contributed by atoms with van der Waals surface area (Å²) in [6.07, 6.45) is 0.500. The van der Waals surface area contributed by atoms with Crippen LogP contribution in [0.5, 0.6) is 0 Å². The molecule has 16 heavy (non-hydrogen) atoms. The second-order valence-corrected chi connectivity index (χ2v) is 3.73. The fraction of sp³-hybridized carbons (Fsp3) is 0.222. The van der Waals surface area contributed by atoms with Crippen LogP contribution in [0.3, 0.4) is 0 Å². The number of nitrogen functional groups attached to an aromatic ring is 1. The smallest absolute Gasteiger partial charge is 0.275 e. The van der Waals surface area contributed by atoms with Crippen LogP contribution in [0.25, 0.3) is 10.4 Å². The summed E-state index contributed by atoms with van der Waals surface area (Å²) < 4.78 is 0. The van der Waals surface area contributed by atoms with Crippen molar-refractivity contribution < 1.29 is 4.79 Å². The first-order valence-electron chi connectivity index (χ1n) is 4.38. The van der Waals surface area contributed by atoms with Crippen LogP contribution in [0.1, 0.15) is 21.0 Å². The summed E-state index contributed by atoms with van der Waals surface area (Å²) in [5, 5.41) is 3.35. The van der Waals surface area contributed by atoms with Crippen LogP contribution in [0.15, 0.2) is 17.2 Å². The average Bonchev–Trinajstić information content (AvgIpc) is 2.76. The number of hydrogen-bond acceptors (Lipinski definition) is 4. The Morgan fingerprint density at radius 1 is 1.69 bits per heavy atom. The molecule has 0 fully saturated rings.